The third kappa shape index (κ3) is 4.16. The van der Waals surface area contributed by atoms with Gasteiger partial charge in [0.2, 0.25) is 0 Å². The fourth-order valence-corrected chi connectivity index (χ4v) is 2.32. The SMILES string of the molecule is CC(C(=O)O)C(O)Cc1ccc(-c2ccc(Br)cc2)cc1. The van der Waals surface area contributed by atoms with Crippen LogP contribution in [0.25, 0.3) is 11.1 Å². The lowest BCUT2D eigenvalue weighted by Crippen LogP contribution is -2.27. The molecular weight excluding hydrogens is 332 g/mol. The van der Waals surface area contributed by atoms with Gasteiger partial charge in [-0.3, -0.25) is 4.79 Å². The number of benzene rings is 2. The van der Waals surface area contributed by atoms with Crippen molar-refractivity contribution < 1.29 is 15.0 Å². The molecule has 4 heteroatoms. The predicted molar refractivity (Wildman–Crippen MR) is 86.1 cm³/mol. The molecule has 3 nitrogen and oxygen atoms in total. The molecule has 0 saturated carbocycles. The van der Waals surface area contributed by atoms with E-state index in [4.69, 9.17) is 5.11 Å². The molecule has 0 spiro atoms. The molecule has 0 bridgehead atoms. The largest absolute Gasteiger partial charge is 0.481 e. The Labute approximate surface area is 132 Å². The van der Waals surface area contributed by atoms with Gasteiger partial charge < -0.3 is 10.2 Å². The average Bonchev–Trinajstić information content (AvgIpc) is 2.48. The van der Waals surface area contributed by atoms with Gasteiger partial charge in [-0.05, 0) is 42.2 Å². The summed E-state index contributed by atoms with van der Waals surface area (Å²) in [5.41, 5.74) is 3.13. The second-order valence-corrected chi connectivity index (χ2v) is 6.02. The molecule has 0 radical (unpaired) electrons. The number of aliphatic hydroxyl groups excluding tert-OH is 1. The summed E-state index contributed by atoms with van der Waals surface area (Å²) in [7, 11) is 0. The summed E-state index contributed by atoms with van der Waals surface area (Å²) in [5, 5.41) is 18.8. The van der Waals surface area contributed by atoms with E-state index in [1.807, 2.05) is 48.5 Å². The molecule has 2 unspecified atom stereocenters. The lowest BCUT2D eigenvalue weighted by molar-refractivity contribution is -0.144. The maximum atomic E-state index is 10.8. The van der Waals surface area contributed by atoms with Crippen molar-refractivity contribution in [3.63, 3.8) is 0 Å². The summed E-state index contributed by atoms with van der Waals surface area (Å²) >= 11 is 3.41. The van der Waals surface area contributed by atoms with Gasteiger partial charge in [0.15, 0.2) is 0 Å². The van der Waals surface area contributed by atoms with E-state index in [0.717, 1.165) is 21.2 Å². The number of carbonyl (C=O) groups is 1. The highest BCUT2D eigenvalue weighted by molar-refractivity contribution is 9.10. The van der Waals surface area contributed by atoms with Crippen molar-refractivity contribution in [1.29, 1.82) is 0 Å². The zero-order valence-electron chi connectivity index (χ0n) is 11.7. The van der Waals surface area contributed by atoms with Crippen LogP contribution in [0.5, 0.6) is 0 Å². The Morgan fingerprint density at radius 3 is 2.00 bits per heavy atom. The Bertz CT molecular complexity index is 605. The monoisotopic (exact) mass is 348 g/mol. The molecule has 0 fully saturated rings. The van der Waals surface area contributed by atoms with Crippen molar-refractivity contribution in [3.05, 3.63) is 58.6 Å². The summed E-state index contributed by atoms with van der Waals surface area (Å²) in [4.78, 5) is 10.8. The van der Waals surface area contributed by atoms with E-state index in [9.17, 15) is 9.90 Å². The van der Waals surface area contributed by atoms with Gasteiger partial charge in [-0.15, -0.1) is 0 Å². The van der Waals surface area contributed by atoms with Gasteiger partial charge in [-0.1, -0.05) is 52.3 Å². The van der Waals surface area contributed by atoms with Gasteiger partial charge in [0.25, 0.3) is 0 Å². The van der Waals surface area contributed by atoms with E-state index in [-0.39, 0.29) is 0 Å². The van der Waals surface area contributed by atoms with Gasteiger partial charge in [0.1, 0.15) is 0 Å². The number of hydrogen-bond acceptors (Lipinski definition) is 2. The van der Waals surface area contributed by atoms with Crippen molar-refractivity contribution in [2.75, 3.05) is 0 Å². The second-order valence-electron chi connectivity index (χ2n) is 5.10. The number of halogens is 1. The zero-order chi connectivity index (χ0) is 15.4. The van der Waals surface area contributed by atoms with E-state index in [0.29, 0.717) is 6.42 Å². The third-order valence-corrected chi connectivity index (χ3v) is 4.07. The second kappa shape index (κ2) is 6.87. The van der Waals surface area contributed by atoms with Crippen LogP contribution in [0, 0.1) is 5.92 Å². The molecule has 0 saturated heterocycles. The van der Waals surface area contributed by atoms with Gasteiger partial charge in [0.05, 0.1) is 12.0 Å². The van der Waals surface area contributed by atoms with Crippen LogP contribution in [0.2, 0.25) is 0 Å². The minimum Gasteiger partial charge on any atom is -0.481 e. The van der Waals surface area contributed by atoms with Gasteiger partial charge in [-0.25, -0.2) is 0 Å². The highest BCUT2D eigenvalue weighted by atomic mass is 79.9. The maximum Gasteiger partial charge on any atom is 0.308 e. The maximum absolute atomic E-state index is 10.8. The topological polar surface area (TPSA) is 57.5 Å². The molecule has 2 aromatic rings. The number of carboxylic acid groups (broad SMARTS) is 1. The van der Waals surface area contributed by atoms with Crippen LogP contribution in [-0.4, -0.2) is 22.3 Å². The lowest BCUT2D eigenvalue weighted by Gasteiger charge is -2.15. The van der Waals surface area contributed by atoms with Crippen molar-refractivity contribution in [2.45, 2.75) is 19.4 Å². The van der Waals surface area contributed by atoms with Gasteiger partial charge in [0, 0.05) is 4.47 Å². The van der Waals surface area contributed by atoms with Crippen LogP contribution in [0.3, 0.4) is 0 Å². The molecule has 110 valence electrons. The molecule has 2 atom stereocenters. The first-order valence-electron chi connectivity index (χ1n) is 6.73. The van der Waals surface area contributed by atoms with Crippen molar-refractivity contribution in [3.8, 4) is 11.1 Å². The van der Waals surface area contributed by atoms with Crippen molar-refractivity contribution >= 4 is 21.9 Å². The molecule has 0 aliphatic rings. The molecule has 2 aromatic carbocycles. The first-order valence-corrected chi connectivity index (χ1v) is 7.52. The summed E-state index contributed by atoms with van der Waals surface area (Å²) in [6, 6.07) is 15.8. The first kappa shape index (κ1) is 15.7. The molecule has 0 aliphatic carbocycles. The quantitative estimate of drug-likeness (QED) is 0.865. The van der Waals surface area contributed by atoms with Crippen LogP contribution < -0.4 is 0 Å². The summed E-state index contributed by atoms with van der Waals surface area (Å²) in [6.07, 6.45) is -0.533. The Morgan fingerprint density at radius 2 is 1.52 bits per heavy atom. The summed E-state index contributed by atoms with van der Waals surface area (Å²) in [6.45, 7) is 1.52. The Balaban J connectivity index is 2.08. The number of aliphatic hydroxyl groups is 1. The van der Waals surface area contributed by atoms with Crippen LogP contribution in [0.1, 0.15) is 12.5 Å². The Morgan fingerprint density at radius 1 is 1.05 bits per heavy atom. The summed E-state index contributed by atoms with van der Waals surface area (Å²) < 4.78 is 1.04. The molecule has 0 amide bonds. The van der Waals surface area contributed by atoms with E-state index in [1.165, 1.54) is 6.92 Å². The normalized spacial score (nSPS) is 13.7. The summed E-state index contributed by atoms with van der Waals surface area (Å²) in [5.74, 6) is -1.75. The van der Waals surface area contributed by atoms with Crippen LogP contribution >= 0.6 is 15.9 Å². The van der Waals surface area contributed by atoms with Crippen LogP contribution in [0.4, 0.5) is 0 Å². The van der Waals surface area contributed by atoms with Crippen molar-refractivity contribution in [2.24, 2.45) is 5.92 Å². The van der Waals surface area contributed by atoms with Crippen LogP contribution in [-0.2, 0) is 11.2 Å². The molecular formula is C17H17BrO3. The number of hydrogen-bond donors (Lipinski definition) is 2. The molecule has 2 N–H and O–H groups in total. The molecule has 21 heavy (non-hydrogen) atoms. The fourth-order valence-electron chi connectivity index (χ4n) is 2.06. The molecule has 0 aliphatic heterocycles. The predicted octanol–water partition coefficient (Wildman–Crippen LogP) is 3.74. The fraction of sp³-hybridized carbons (Fsp3) is 0.235. The minimum atomic E-state index is -0.978. The number of aliphatic carboxylic acids is 1. The van der Waals surface area contributed by atoms with Gasteiger partial charge >= 0.3 is 5.97 Å². The van der Waals surface area contributed by atoms with E-state index in [1.54, 1.807) is 0 Å². The zero-order valence-corrected chi connectivity index (χ0v) is 13.2. The average molecular weight is 349 g/mol. The highest BCUT2D eigenvalue weighted by Gasteiger charge is 2.21. The van der Waals surface area contributed by atoms with E-state index in [2.05, 4.69) is 15.9 Å². The number of carboxylic acids is 1. The Kier molecular flexibility index (Phi) is 5.15. The minimum absolute atomic E-state index is 0.341. The standard InChI is InChI=1S/C17H17BrO3/c1-11(17(20)21)16(19)10-12-2-4-13(5-3-12)14-6-8-15(18)9-7-14/h2-9,11,16,19H,10H2,1H3,(H,20,21). The van der Waals surface area contributed by atoms with E-state index >= 15 is 0 Å². The molecule has 0 heterocycles. The third-order valence-electron chi connectivity index (χ3n) is 3.54. The van der Waals surface area contributed by atoms with Crippen LogP contribution in [0.15, 0.2) is 53.0 Å². The van der Waals surface area contributed by atoms with E-state index < -0.39 is 18.0 Å². The smallest absolute Gasteiger partial charge is 0.308 e. The lowest BCUT2D eigenvalue weighted by atomic mass is 9.96. The first-order chi connectivity index (χ1) is 9.97. The molecule has 2 rings (SSSR count). The Hall–Kier alpha value is -1.65. The van der Waals surface area contributed by atoms with Gasteiger partial charge in [-0.2, -0.15) is 0 Å². The van der Waals surface area contributed by atoms with Crippen molar-refractivity contribution in [1.82, 2.24) is 0 Å². The highest BCUT2D eigenvalue weighted by Crippen LogP contribution is 2.22. The molecule has 0 aromatic heterocycles. The number of rotatable bonds is 5.